The van der Waals surface area contributed by atoms with E-state index in [1.807, 2.05) is 0 Å². The number of nitrogens with zero attached hydrogens (tertiary/aromatic N) is 2. The summed E-state index contributed by atoms with van der Waals surface area (Å²) in [6.45, 7) is 1.28. The molecular formula is C22H22F2N4O3. The molecule has 1 atom stereocenters. The maximum atomic E-state index is 13.4. The van der Waals surface area contributed by atoms with Crippen molar-refractivity contribution in [2.45, 2.75) is 25.5 Å². The summed E-state index contributed by atoms with van der Waals surface area (Å²) in [5, 5.41) is 3.00. The largest absolute Gasteiger partial charge is 0.377 e. The van der Waals surface area contributed by atoms with Gasteiger partial charge in [-0.25, -0.2) is 13.8 Å². The van der Waals surface area contributed by atoms with Crippen LogP contribution in [0.4, 0.5) is 14.5 Å². The molecule has 0 bridgehead atoms. The zero-order valence-corrected chi connectivity index (χ0v) is 16.7. The normalized spacial score (nSPS) is 16.2. The molecule has 2 aromatic carbocycles. The molecule has 2 heterocycles. The van der Waals surface area contributed by atoms with Crippen LogP contribution in [0.25, 0.3) is 10.9 Å². The molecule has 31 heavy (non-hydrogen) atoms. The van der Waals surface area contributed by atoms with Crippen LogP contribution in [0.5, 0.6) is 0 Å². The zero-order valence-electron chi connectivity index (χ0n) is 16.7. The molecule has 1 aromatic heterocycles. The van der Waals surface area contributed by atoms with E-state index in [0.717, 1.165) is 31.0 Å². The van der Waals surface area contributed by atoms with E-state index in [0.29, 0.717) is 29.9 Å². The third-order valence-corrected chi connectivity index (χ3v) is 5.03. The Bertz CT molecular complexity index is 1120. The highest BCUT2D eigenvalue weighted by atomic mass is 19.1. The number of carbonyl (C=O) groups excluding carboxylic acids is 1. The third-order valence-electron chi connectivity index (χ3n) is 5.03. The number of halogens is 2. The van der Waals surface area contributed by atoms with Gasteiger partial charge in [-0.05, 0) is 37.1 Å². The molecule has 7 nitrogen and oxygen atoms in total. The van der Waals surface area contributed by atoms with Gasteiger partial charge in [-0.1, -0.05) is 12.1 Å². The number of ether oxygens (including phenoxy) is 1. The van der Waals surface area contributed by atoms with Crippen molar-refractivity contribution in [2.24, 2.45) is 0 Å². The van der Waals surface area contributed by atoms with Crippen LogP contribution in [0, 0.1) is 11.6 Å². The maximum absolute atomic E-state index is 13.4. The van der Waals surface area contributed by atoms with Crippen LogP contribution in [-0.2, 0) is 16.1 Å². The summed E-state index contributed by atoms with van der Waals surface area (Å²) in [5.74, 6) is -1.56. The fourth-order valence-electron chi connectivity index (χ4n) is 3.71. The average molecular weight is 428 g/mol. The van der Waals surface area contributed by atoms with E-state index < -0.39 is 17.5 Å². The number of hydrogen-bond acceptors (Lipinski definition) is 5. The van der Waals surface area contributed by atoms with Crippen molar-refractivity contribution in [3.05, 3.63) is 70.3 Å². The number of rotatable bonds is 7. The number of carbonyl (C=O) groups is 1. The Morgan fingerprint density at radius 3 is 2.74 bits per heavy atom. The standard InChI is InChI=1S/C22H22F2N4O3/c23-14-8-15(24)10-16(9-14)25-21(29)13-28(11-17-4-3-7-31-17)12-20-26-19-6-2-1-5-18(19)22(30)27-20/h1-2,5-6,8-10,17H,3-4,7,11-13H2,(H,25,29)(H,26,27,30)/t17-/m0/s1. The first kappa shape index (κ1) is 21.1. The maximum Gasteiger partial charge on any atom is 0.258 e. The second-order valence-electron chi connectivity index (χ2n) is 7.54. The summed E-state index contributed by atoms with van der Waals surface area (Å²) >= 11 is 0. The second-order valence-corrected chi connectivity index (χ2v) is 7.54. The molecule has 162 valence electrons. The highest BCUT2D eigenvalue weighted by molar-refractivity contribution is 5.92. The van der Waals surface area contributed by atoms with Crippen LogP contribution >= 0.6 is 0 Å². The predicted octanol–water partition coefficient (Wildman–Crippen LogP) is 2.82. The minimum atomic E-state index is -0.774. The van der Waals surface area contributed by atoms with Crippen molar-refractivity contribution in [3.8, 4) is 0 Å². The number of nitrogens with one attached hydrogen (secondary N) is 2. The Labute approximate surface area is 177 Å². The first-order valence-electron chi connectivity index (χ1n) is 10.0. The molecule has 1 fully saturated rings. The van der Waals surface area contributed by atoms with Crippen molar-refractivity contribution >= 4 is 22.5 Å². The van der Waals surface area contributed by atoms with Gasteiger partial charge in [0.05, 0.1) is 30.1 Å². The molecular weight excluding hydrogens is 406 g/mol. The Morgan fingerprint density at radius 1 is 1.23 bits per heavy atom. The summed E-state index contributed by atoms with van der Waals surface area (Å²) in [6, 6.07) is 9.85. The SMILES string of the molecule is O=C(CN(Cc1nc2ccccc2c(=O)[nH]1)C[C@@H]1CCCO1)Nc1cc(F)cc(F)c1. The molecule has 1 aliphatic heterocycles. The Hall–Kier alpha value is -3.17. The van der Waals surface area contributed by atoms with Gasteiger partial charge in [-0.2, -0.15) is 0 Å². The quantitative estimate of drug-likeness (QED) is 0.604. The van der Waals surface area contributed by atoms with Crippen molar-refractivity contribution < 1.29 is 18.3 Å². The molecule has 2 N–H and O–H groups in total. The van der Waals surface area contributed by atoms with Gasteiger partial charge < -0.3 is 15.0 Å². The number of para-hydroxylation sites is 1. The van der Waals surface area contributed by atoms with Crippen LogP contribution in [0.1, 0.15) is 18.7 Å². The van der Waals surface area contributed by atoms with Gasteiger partial charge in [-0.3, -0.25) is 14.5 Å². The van der Waals surface area contributed by atoms with E-state index in [1.54, 1.807) is 29.2 Å². The highest BCUT2D eigenvalue weighted by Gasteiger charge is 2.22. The first-order valence-corrected chi connectivity index (χ1v) is 10.0. The molecule has 0 radical (unpaired) electrons. The molecule has 0 saturated carbocycles. The number of amides is 1. The topological polar surface area (TPSA) is 87.3 Å². The van der Waals surface area contributed by atoms with Crippen LogP contribution in [0.3, 0.4) is 0 Å². The van der Waals surface area contributed by atoms with Crippen molar-refractivity contribution in [2.75, 3.05) is 25.0 Å². The molecule has 0 aliphatic carbocycles. The molecule has 1 amide bonds. The minimum absolute atomic E-state index is 0.0356. The van der Waals surface area contributed by atoms with Crippen molar-refractivity contribution in [1.82, 2.24) is 14.9 Å². The zero-order chi connectivity index (χ0) is 21.8. The molecule has 1 saturated heterocycles. The lowest BCUT2D eigenvalue weighted by Crippen LogP contribution is -2.38. The van der Waals surface area contributed by atoms with E-state index >= 15 is 0 Å². The monoisotopic (exact) mass is 428 g/mol. The summed E-state index contributed by atoms with van der Waals surface area (Å²) in [6.07, 6.45) is 1.78. The number of fused-ring (bicyclic) bond motifs is 1. The molecule has 1 aliphatic rings. The van der Waals surface area contributed by atoms with Crippen LogP contribution in [0.15, 0.2) is 47.3 Å². The predicted molar refractivity (Wildman–Crippen MR) is 112 cm³/mol. The lowest BCUT2D eigenvalue weighted by atomic mass is 10.2. The van der Waals surface area contributed by atoms with Crippen molar-refractivity contribution in [1.29, 1.82) is 0 Å². The fraction of sp³-hybridized carbons (Fsp3) is 0.318. The minimum Gasteiger partial charge on any atom is -0.377 e. The van der Waals surface area contributed by atoms with Gasteiger partial charge >= 0.3 is 0 Å². The molecule has 3 aromatic rings. The third kappa shape index (κ3) is 5.50. The van der Waals surface area contributed by atoms with E-state index in [-0.39, 0.29) is 30.4 Å². The van der Waals surface area contributed by atoms with E-state index in [9.17, 15) is 18.4 Å². The highest BCUT2D eigenvalue weighted by Crippen LogP contribution is 2.16. The average Bonchev–Trinajstić information content (AvgIpc) is 3.20. The van der Waals surface area contributed by atoms with Crippen LogP contribution < -0.4 is 10.9 Å². The fourth-order valence-corrected chi connectivity index (χ4v) is 3.71. The summed E-state index contributed by atoms with van der Waals surface area (Å²) in [4.78, 5) is 34.0. The van der Waals surface area contributed by atoms with E-state index in [4.69, 9.17) is 4.74 Å². The van der Waals surface area contributed by atoms with Gasteiger partial charge in [0.2, 0.25) is 5.91 Å². The molecule has 0 unspecified atom stereocenters. The van der Waals surface area contributed by atoms with Gasteiger partial charge in [0, 0.05) is 24.9 Å². The van der Waals surface area contributed by atoms with Gasteiger partial charge in [-0.15, -0.1) is 0 Å². The number of aromatic amines is 1. The summed E-state index contributed by atoms with van der Waals surface area (Å²) in [5.41, 5.74) is 0.354. The van der Waals surface area contributed by atoms with Gasteiger partial charge in [0.1, 0.15) is 17.5 Å². The second kappa shape index (κ2) is 9.32. The number of benzene rings is 2. The number of H-pyrrole nitrogens is 1. The Kier molecular flexibility index (Phi) is 6.34. The van der Waals surface area contributed by atoms with Crippen molar-refractivity contribution in [3.63, 3.8) is 0 Å². The smallest absolute Gasteiger partial charge is 0.258 e. The first-order chi connectivity index (χ1) is 15.0. The Balaban J connectivity index is 1.51. The number of hydrogen-bond donors (Lipinski definition) is 2. The van der Waals surface area contributed by atoms with Crippen LogP contribution in [-0.4, -0.2) is 46.6 Å². The van der Waals surface area contributed by atoms with E-state index in [1.165, 1.54) is 0 Å². The summed E-state index contributed by atoms with van der Waals surface area (Å²) < 4.78 is 32.5. The lowest BCUT2D eigenvalue weighted by molar-refractivity contribution is -0.117. The van der Waals surface area contributed by atoms with E-state index in [2.05, 4.69) is 15.3 Å². The number of aromatic nitrogens is 2. The van der Waals surface area contributed by atoms with Crippen LogP contribution in [0.2, 0.25) is 0 Å². The lowest BCUT2D eigenvalue weighted by Gasteiger charge is -2.24. The summed E-state index contributed by atoms with van der Waals surface area (Å²) in [7, 11) is 0. The molecule has 4 rings (SSSR count). The number of anilines is 1. The van der Waals surface area contributed by atoms with Gasteiger partial charge in [0.25, 0.3) is 5.56 Å². The molecule has 0 spiro atoms. The Morgan fingerprint density at radius 2 is 2.00 bits per heavy atom. The van der Waals surface area contributed by atoms with Gasteiger partial charge in [0.15, 0.2) is 0 Å². The molecule has 9 heteroatoms.